The predicted octanol–water partition coefficient (Wildman–Crippen LogP) is 3.39. The van der Waals surface area contributed by atoms with Gasteiger partial charge in [0, 0.05) is 0 Å². The number of amides is 1. The van der Waals surface area contributed by atoms with Crippen LogP contribution in [0.25, 0.3) is 5.82 Å². The Morgan fingerprint density at radius 3 is 2.62 bits per heavy atom. The summed E-state index contributed by atoms with van der Waals surface area (Å²) in [6, 6.07) is 8.48. The molecule has 0 bridgehead atoms. The molecule has 1 saturated carbocycles. The molecule has 0 radical (unpaired) electrons. The second-order valence-electron chi connectivity index (χ2n) is 8.11. The van der Waals surface area contributed by atoms with Crippen molar-refractivity contribution in [3.05, 3.63) is 46.8 Å². The van der Waals surface area contributed by atoms with Crippen LogP contribution in [-0.4, -0.2) is 36.9 Å². The zero-order valence-corrected chi connectivity index (χ0v) is 18.4. The lowest BCUT2D eigenvalue weighted by Gasteiger charge is -2.22. The molecule has 1 amide bonds. The summed E-state index contributed by atoms with van der Waals surface area (Å²) in [6.07, 6.45) is 7.81. The monoisotopic (exact) mass is 436 g/mol. The van der Waals surface area contributed by atoms with Crippen molar-refractivity contribution in [1.29, 1.82) is 0 Å². The molecule has 0 saturated heterocycles. The number of carbonyl (C=O) groups is 1. The average Bonchev–Trinajstić information content (AvgIpc) is 3.44. The number of anilines is 1. The first kappa shape index (κ1) is 21.7. The van der Waals surface area contributed by atoms with Crippen molar-refractivity contribution in [2.45, 2.75) is 64.7 Å². The number of hydrogen-bond donors (Lipinski definition) is 2. The number of rotatable bonds is 7. The summed E-state index contributed by atoms with van der Waals surface area (Å²) in [4.78, 5) is 12.8. The molecule has 1 aliphatic rings. The van der Waals surface area contributed by atoms with E-state index in [2.05, 4.69) is 60.0 Å². The molecule has 10 nitrogen and oxygen atoms in total. The molecule has 0 aliphatic heterocycles. The standard InChI is InChI=1S/C22H28N8O2/c1-3-7-18-19(25-29-30(18)21-20(23)27-32-28-21)22(31)26-24-14(2)15-10-12-17(13-11-15)16-8-5-4-6-9-16/h10-13,16H,3-9H2,1-2H3,(H2,23,27)(H,26,31)/b24-14-. The van der Waals surface area contributed by atoms with Crippen molar-refractivity contribution in [2.75, 3.05) is 5.73 Å². The third-order valence-corrected chi connectivity index (χ3v) is 5.89. The Kier molecular flexibility index (Phi) is 6.58. The van der Waals surface area contributed by atoms with Gasteiger partial charge in [0.15, 0.2) is 5.69 Å². The Morgan fingerprint density at radius 2 is 1.97 bits per heavy atom. The number of carbonyl (C=O) groups excluding carboxylic acids is 1. The topological polar surface area (TPSA) is 137 Å². The molecular weight excluding hydrogens is 408 g/mol. The van der Waals surface area contributed by atoms with Crippen molar-refractivity contribution >= 4 is 17.4 Å². The van der Waals surface area contributed by atoms with Gasteiger partial charge in [0.05, 0.1) is 11.4 Å². The highest BCUT2D eigenvalue weighted by Crippen LogP contribution is 2.32. The highest BCUT2D eigenvalue weighted by molar-refractivity contribution is 6.00. The van der Waals surface area contributed by atoms with Crippen molar-refractivity contribution < 1.29 is 9.42 Å². The van der Waals surface area contributed by atoms with E-state index in [1.807, 2.05) is 13.8 Å². The van der Waals surface area contributed by atoms with Gasteiger partial charge in [-0.3, -0.25) is 4.79 Å². The first-order valence-corrected chi connectivity index (χ1v) is 11.1. The maximum Gasteiger partial charge on any atom is 0.293 e. The van der Waals surface area contributed by atoms with Crippen LogP contribution in [0.3, 0.4) is 0 Å². The van der Waals surface area contributed by atoms with Crippen LogP contribution >= 0.6 is 0 Å². The SMILES string of the molecule is CCCc1c(C(=O)N/N=C(/C)c2ccc(C3CCCCC3)cc2)nnn1-c1nonc1N. The summed E-state index contributed by atoms with van der Waals surface area (Å²) in [5.74, 6) is 0.485. The minimum atomic E-state index is -0.451. The molecule has 3 aromatic rings. The first-order chi connectivity index (χ1) is 15.6. The lowest BCUT2D eigenvalue weighted by Crippen LogP contribution is -2.21. The molecule has 1 aromatic carbocycles. The van der Waals surface area contributed by atoms with Gasteiger partial charge in [-0.25, -0.2) is 10.1 Å². The van der Waals surface area contributed by atoms with Gasteiger partial charge in [0.25, 0.3) is 5.91 Å². The van der Waals surface area contributed by atoms with Gasteiger partial charge in [-0.2, -0.15) is 9.78 Å². The number of hydrogen-bond acceptors (Lipinski definition) is 8. The molecule has 168 valence electrons. The molecule has 2 heterocycles. The number of aromatic nitrogens is 5. The molecule has 0 atom stereocenters. The number of nitrogens with one attached hydrogen (secondary N) is 1. The van der Waals surface area contributed by atoms with Gasteiger partial charge in [-0.1, -0.05) is 62.1 Å². The molecule has 32 heavy (non-hydrogen) atoms. The molecule has 4 rings (SSSR count). The van der Waals surface area contributed by atoms with Gasteiger partial charge >= 0.3 is 0 Å². The molecule has 0 unspecified atom stereocenters. The first-order valence-electron chi connectivity index (χ1n) is 11.1. The van der Waals surface area contributed by atoms with E-state index < -0.39 is 5.91 Å². The Balaban J connectivity index is 1.48. The number of nitrogen functional groups attached to an aromatic ring is 1. The third kappa shape index (κ3) is 4.53. The third-order valence-electron chi connectivity index (χ3n) is 5.89. The largest absolute Gasteiger partial charge is 0.378 e. The highest BCUT2D eigenvalue weighted by atomic mass is 16.6. The average molecular weight is 437 g/mol. The zero-order chi connectivity index (χ0) is 22.5. The Morgan fingerprint density at radius 1 is 1.22 bits per heavy atom. The van der Waals surface area contributed by atoms with E-state index in [1.54, 1.807) is 0 Å². The van der Waals surface area contributed by atoms with Gasteiger partial charge in [0.1, 0.15) is 0 Å². The summed E-state index contributed by atoms with van der Waals surface area (Å²) in [5, 5.41) is 19.6. The van der Waals surface area contributed by atoms with Gasteiger partial charge in [-0.15, -0.1) is 5.10 Å². The fraction of sp³-hybridized carbons (Fsp3) is 0.455. The number of nitrogens with two attached hydrogens (primary N) is 1. The molecular formula is C22H28N8O2. The summed E-state index contributed by atoms with van der Waals surface area (Å²) in [5.41, 5.74) is 12.1. The Hall–Kier alpha value is -3.56. The Bertz CT molecular complexity index is 1090. The van der Waals surface area contributed by atoms with Crippen LogP contribution in [0.1, 0.15) is 85.6 Å². The van der Waals surface area contributed by atoms with Gasteiger partial charge in [-0.05, 0) is 53.5 Å². The molecule has 0 spiro atoms. The van der Waals surface area contributed by atoms with Crippen LogP contribution in [-0.2, 0) is 6.42 Å². The second kappa shape index (κ2) is 9.71. The van der Waals surface area contributed by atoms with Crippen molar-refractivity contribution in [3.63, 3.8) is 0 Å². The molecule has 3 N–H and O–H groups in total. The van der Waals surface area contributed by atoms with Crippen molar-refractivity contribution in [3.8, 4) is 5.82 Å². The van der Waals surface area contributed by atoms with Crippen molar-refractivity contribution in [2.24, 2.45) is 5.10 Å². The molecule has 1 fully saturated rings. The van der Waals surface area contributed by atoms with E-state index in [4.69, 9.17) is 5.73 Å². The fourth-order valence-corrected chi connectivity index (χ4v) is 4.13. The van der Waals surface area contributed by atoms with Crippen LogP contribution in [0.4, 0.5) is 5.82 Å². The van der Waals surface area contributed by atoms with Crippen LogP contribution in [0.5, 0.6) is 0 Å². The van der Waals surface area contributed by atoms with Gasteiger partial charge < -0.3 is 5.73 Å². The maximum absolute atomic E-state index is 12.8. The van der Waals surface area contributed by atoms with E-state index in [9.17, 15) is 4.79 Å². The summed E-state index contributed by atoms with van der Waals surface area (Å²) < 4.78 is 6.02. The normalized spacial score (nSPS) is 15.1. The van der Waals surface area contributed by atoms with Crippen LogP contribution in [0.15, 0.2) is 34.0 Å². The minimum Gasteiger partial charge on any atom is -0.378 e. The molecule has 2 aromatic heterocycles. The smallest absolute Gasteiger partial charge is 0.293 e. The van der Waals surface area contributed by atoms with E-state index in [0.29, 0.717) is 23.7 Å². The van der Waals surface area contributed by atoms with E-state index in [1.165, 1.54) is 42.3 Å². The number of nitrogens with zero attached hydrogens (tertiary/aromatic N) is 6. The summed E-state index contributed by atoms with van der Waals surface area (Å²) in [7, 11) is 0. The van der Waals surface area contributed by atoms with Crippen molar-refractivity contribution in [1.82, 2.24) is 30.7 Å². The van der Waals surface area contributed by atoms with E-state index >= 15 is 0 Å². The quantitative estimate of drug-likeness (QED) is 0.428. The van der Waals surface area contributed by atoms with Crippen LogP contribution in [0, 0.1) is 0 Å². The maximum atomic E-state index is 12.8. The highest BCUT2D eigenvalue weighted by Gasteiger charge is 2.23. The molecule has 1 aliphatic carbocycles. The number of benzene rings is 1. The zero-order valence-electron chi connectivity index (χ0n) is 18.4. The van der Waals surface area contributed by atoms with Crippen LogP contribution in [0.2, 0.25) is 0 Å². The van der Waals surface area contributed by atoms with E-state index in [-0.39, 0.29) is 17.3 Å². The van der Waals surface area contributed by atoms with Crippen LogP contribution < -0.4 is 11.2 Å². The minimum absolute atomic E-state index is 0.0738. The lowest BCUT2D eigenvalue weighted by atomic mass is 9.84. The summed E-state index contributed by atoms with van der Waals surface area (Å²) in [6.45, 7) is 3.85. The predicted molar refractivity (Wildman–Crippen MR) is 120 cm³/mol. The molecule has 10 heteroatoms. The number of hydrazone groups is 1. The Labute approximate surface area is 186 Å². The fourth-order valence-electron chi connectivity index (χ4n) is 4.13. The summed E-state index contributed by atoms with van der Waals surface area (Å²) >= 11 is 0. The lowest BCUT2D eigenvalue weighted by molar-refractivity contribution is 0.0948. The van der Waals surface area contributed by atoms with Gasteiger partial charge in [0.2, 0.25) is 11.6 Å². The van der Waals surface area contributed by atoms with E-state index in [0.717, 1.165) is 12.0 Å². The second-order valence-corrected chi connectivity index (χ2v) is 8.11.